The molecule has 0 saturated heterocycles. The first kappa shape index (κ1) is 11.5. The second kappa shape index (κ2) is 6.08. The molecular weight excluding hydrogens is 182 g/mol. The van der Waals surface area contributed by atoms with E-state index in [0.29, 0.717) is 13.2 Å². The minimum absolute atomic E-state index is 0.436. The van der Waals surface area contributed by atoms with Crippen molar-refractivity contribution in [2.75, 3.05) is 27.3 Å². The molecule has 5 heteroatoms. The van der Waals surface area contributed by atoms with Crippen LogP contribution in [0.5, 0.6) is 0 Å². The normalized spacial score (nSPS) is 12.3. The number of rotatable bonds is 4. The van der Waals surface area contributed by atoms with Gasteiger partial charge in [-0.2, -0.15) is 0 Å². The van der Waals surface area contributed by atoms with E-state index in [1.54, 1.807) is 21.1 Å². The van der Waals surface area contributed by atoms with Crippen molar-refractivity contribution in [1.29, 1.82) is 0 Å². The Labute approximate surface area is 77.4 Å². The van der Waals surface area contributed by atoms with Gasteiger partial charge in [-0.1, -0.05) is 11.6 Å². The van der Waals surface area contributed by atoms with E-state index in [-0.39, 0.29) is 0 Å². The average Bonchev–Trinajstić information content (AvgIpc) is 1.98. The lowest BCUT2D eigenvalue weighted by atomic mass is 10.6. The number of hydrogen-bond donors (Lipinski definition) is 0. The maximum absolute atomic E-state index is 11.0. The van der Waals surface area contributed by atoms with Crippen LogP contribution in [0.3, 0.4) is 0 Å². The van der Waals surface area contributed by atoms with Gasteiger partial charge in [-0.3, -0.25) is 0 Å². The summed E-state index contributed by atoms with van der Waals surface area (Å²) < 4.78 is 9.49. The zero-order valence-corrected chi connectivity index (χ0v) is 8.30. The molecule has 0 aliphatic heterocycles. The second-order valence-corrected chi connectivity index (χ2v) is 2.96. The molecule has 0 radical (unpaired) electrons. The number of amides is 1. The highest BCUT2D eigenvalue weighted by molar-refractivity contribution is 6.19. The Bertz CT molecular complexity index is 141. The fraction of sp³-hybridized carbons (Fsp3) is 0.857. The molecule has 0 aliphatic carbocycles. The topological polar surface area (TPSA) is 38.8 Å². The highest BCUT2D eigenvalue weighted by atomic mass is 35.5. The van der Waals surface area contributed by atoms with Gasteiger partial charge in [0.25, 0.3) is 0 Å². The molecule has 1 atom stereocenters. The van der Waals surface area contributed by atoms with Crippen molar-refractivity contribution in [3.8, 4) is 0 Å². The van der Waals surface area contributed by atoms with Crippen LogP contribution < -0.4 is 0 Å². The van der Waals surface area contributed by atoms with Crippen molar-refractivity contribution in [2.45, 2.75) is 12.5 Å². The molecule has 0 heterocycles. The van der Waals surface area contributed by atoms with Crippen LogP contribution in [-0.2, 0) is 9.47 Å². The summed E-state index contributed by atoms with van der Waals surface area (Å²) in [5, 5.41) is 0. The van der Waals surface area contributed by atoms with Crippen molar-refractivity contribution < 1.29 is 14.3 Å². The largest absolute Gasteiger partial charge is 0.430 e. The zero-order valence-electron chi connectivity index (χ0n) is 7.54. The average molecular weight is 196 g/mol. The molecule has 0 saturated carbocycles. The molecule has 0 aromatic rings. The molecule has 0 fully saturated rings. The third kappa shape index (κ3) is 5.21. The Morgan fingerprint density at radius 2 is 2.25 bits per heavy atom. The van der Waals surface area contributed by atoms with Gasteiger partial charge >= 0.3 is 6.09 Å². The number of carbonyl (C=O) groups excluding carboxylic acids is 1. The van der Waals surface area contributed by atoms with Crippen LogP contribution in [0, 0.1) is 0 Å². The van der Waals surface area contributed by atoms with Gasteiger partial charge in [-0.15, -0.1) is 0 Å². The number of halogens is 1. The summed E-state index contributed by atoms with van der Waals surface area (Å²) >= 11 is 5.45. The molecule has 0 aromatic carbocycles. The Kier molecular flexibility index (Phi) is 5.84. The molecule has 0 bridgehead atoms. The van der Waals surface area contributed by atoms with Gasteiger partial charge in [0.2, 0.25) is 0 Å². The monoisotopic (exact) mass is 195 g/mol. The van der Waals surface area contributed by atoms with Crippen LogP contribution in [0.4, 0.5) is 4.79 Å². The molecule has 72 valence electrons. The first-order chi connectivity index (χ1) is 5.57. The molecule has 12 heavy (non-hydrogen) atoms. The lowest BCUT2D eigenvalue weighted by Crippen LogP contribution is -2.31. The second-order valence-electron chi connectivity index (χ2n) is 2.34. The summed E-state index contributed by atoms with van der Waals surface area (Å²) in [5.74, 6) is 0. The van der Waals surface area contributed by atoms with Crippen molar-refractivity contribution in [1.82, 2.24) is 4.90 Å². The van der Waals surface area contributed by atoms with E-state index < -0.39 is 11.7 Å². The molecule has 0 aromatic heterocycles. The van der Waals surface area contributed by atoms with E-state index in [4.69, 9.17) is 21.1 Å². The van der Waals surface area contributed by atoms with Crippen LogP contribution in [0.2, 0.25) is 0 Å². The van der Waals surface area contributed by atoms with E-state index in [1.165, 1.54) is 4.90 Å². The summed E-state index contributed by atoms with van der Waals surface area (Å²) in [6.07, 6.45) is -0.436. The van der Waals surface area contributed by atoms with E-state index in [1.807, 2.05) is 0 Å². The van der Waals surface area contributed by atoms with E-state index in [2.05, 4.69) is 0 Å². The van der Waals surface area contributed by atoms with Crippen LogP contribution in [0.25, 0.3) is 0 Å². The molecule has 0 aliphatic rings. The standard InChI is InChI=1S/C7H14ClNO3/c1-6(8)12-7(10)9(2)4-5-11-3/h6H,4-5H2,1-3H3/t6-/m1/s1. The van der Waals surface area contributed by atoms with Crippen LogP contribution in [0.1, 0.15) is 6.92 Å². The predicted molar refractivity (Wildman–Crippen MR) is 46.3 cm³/mol. The fourth-order valence-corrected chi connectivity index (χ4v) is 0.625. The summed E-state index contributed by atoms with van der Waals surface area (Å²) in [6, 6.07) is 0. The first-order valence-corrected chi connectivity index (χ1v) is 4.06. The Morgan fingerprint density at radius 1 is 1.67 bits per heavy atom. The number of carbonyl (C=O) groups is 1. The van der Waals surface area contributed by atoms with Gasteiger partial charge in [0.1, 0.15) is 0 Å². The van der Waals surface area contributed by atoms with Crippen molar-refractivity contribution in [3.63, 3.8) is 0 Å². The van der Waals surface area contributed by atoms with Crippen LogP contribution in [-0.4, -0.2) is 43.9 Å². The Morgan fingerprint density at radius 3 is 2.67 bits per heavy atom. The lowest BCUT2D eigenvalue weighted by molar-refractivity contribution is 0.0915. The number of likely N-dealkylation sites (N-methyl/N-ethyl adjacent to an activating group) is 1. The number of ether oxygens (including phenoxy) is 2. The van der Waals surface area contributed by atoms with E-state index in [0.717, 1.165) is 0 Å². The molecule has 0 rings (SSSR count). The SMILES string of the molecule is COCCN(C)C(=O)O[C@H](C)Cl. The minimum Gasteiger partial charge on any atom is -0.430 e. The highest BCUT2D eigenvalue weighted by Crippen LogP contribution is 1.99. The number of hydrogen-bond acceptors (Lipinski definition) is 3. The molecule has 1 amide bonds. The van der Waals surface area contributed by atoms with Gasteiger partial charge in [-0.05, 0) is 6.92 Å². The summed E-state index contributed by atoms with van der Waals surface area (Å²) in [5.41, 5.74) is -0.595. The summed E-state index contributed by atoms with van der Waals surface area (Å²) in [4.78, 5) is 12.4. The van der Waals surface area contributed by atoms with Gasteiger partial charge in [0.15, 0.2) is 5.56 Å². The minimum atomic E-state index is -0.595. The smallest absolute Gasteiger partial charge is 0.411 e. The van der Waals surface area contributed by atoms with E-state index >= 15 is 0 Å². The van der Waals surface area contributed by atoms with Gasteiger partial charge in [-0.25, -0.2) is 4.79 Å². The first-order valence-electron chi connectivity index (χ1n) is 3.62. The van der Waals surface area contributed by atoms with Gasteiger partial charge < -0.3 is 14.4 Å². The zero-order chi connectivity index (χ0) is 9.56. The van der Waals surface area contributed by atoms with Crippen LogP contribution in [0.15, 0.2) is 0 Å². The van der Waals surface area contributed by atoms with Gasteiger partial charge in [0.05, 0.1) is 6.61 Å². The molecule has 0 unspecified atom stereocenters. The molecular formula is C7H14ClNO3. The van der Waals surface area contributed by atoms with E-state index in [9.17, 15) is 4.79 Å². The summed E-state index contributed by atoms with van der Waals surface area (Å²) in [6.45, 7) is 2.57. The maximum Gasteiger partial charge on any atom is 0.411 e. The van der Waals surface area contributed by atoms with Gasteiger partial charge in [0, 0.05) is 20.7 Å². The van der Waals surface area contributed by atoms with Crippen molar-refractivity contribution in [2.24, 2.45) is 0 Å². The highest BCUT2D eigenvalue weighted by Gasteiger charge is 2.11. The molecule has 4 nitrogen and oxygen atoms in total. The number of nitrogens with zero attached hydrogens (tertiary/aromatic N) is 1. The Balaban J connectivity index is 3.61. The molecule has 0 N–H and O–H groups in total. The van der Waals surface area contributed by atoms with Crippen molar-refractivity contribution in [3.05, 3.63) is 0 Å². The summed E-state index contributed by atoms with van der Waals surface area (Å²) in [7, 11) is 3.20. The van der Waals surface area contributed by atoms with Crippen molar-refractivity contribution >= 4 is 17.7 Å². The lowest BCUT2D eigenvalue weighted by Gasteiger charge is -2.16. The molecule has 0 spiro atoms. The Hall–Kier alpha value is -0.480. The third-order valence-corrected chi connectivity index (χ3v) is 1.29. The maximum atomic E-state index is 11.0. The third-order valence-electron chi connectivity index (χ3n) is 1.21. The quantitative estimate of drug-likeness (QED) is 0.635. The fourth-order valence-electron chi connectivity index (χ4n) is 0.548. The predicted octanol–water partition coefficient (Wildman–Crippen LogP) is 1.29. The number of alkyl halides is 1. The van der Waals surface area contributed by atoms with Crippen LogP contribution >= 0.6 is 11.6 Å². The number of methoxy groups -OCH3 is 1.